The highest BCUT2D eigenvalue weighted by Crippen LogP contribution is 2.27. The zero-order valence-corrected chi connectivity index (χ0v) is 17.8. The lowest BCUT2D eigenvalue weighted by Crippen LogP contribution is -2.33. The molecule has 0 saturated carbocycles. The predicted molar refractivity (Wildman–Crippen MR) is 113 cm³/mol. The van der Waals surface area contributed by atoms with E-state index in [0.717, 1.165) is 23.0 Å². The molecule has 0 saturated heterocycles. The van der Waals surface area contributed by atoms with Crippen molar-refractivity contribution < 1.29 is 4.79 Å². The molecule has 2 rings (SSSR count). The van der Waals surface area contributed by atoms with Crippen molar-refractivity contribution in [1.29, 1.82) is 0 Å². The SMILES string of the molecule is C=CCn1c(SCC(=O)N[C@H](C)CC)nnc1-c1ccc(C(C)(C)C)cc1. The molecule has 1 amide bonds. The number of benzene rings is 1. The van der Waals surface area contributed by atoms with Gasteiger partial charge in [-0.25, -0.2) is 0 Å². The Balaban J connectivity index is 2.19. The average Bonchev–Trinajstić information content (AvgIpc) is 3.02. The molecular formula is C21H30N4OS. The average molecular weight is 387 g/mol. The van der Waals surface area contributed by atoms with Gasteiger partial charge in [-0.3, -0.25) is 9.36 Å². The zero-order chi connectivity index (χ0) is 20.0. The maximum Gasteiger partial charge on any atom is 0.230 e. The van der Waals surface area contributed by atoms with Gasteiger partial charge in [0.2, 0.25) is 5.91 Å². The lowest BCUT2D eigenvalue weighted by Gasteiger charge is -2.19. The first-order valence-corrected chi connectivity index (χ1v) is 10.3. The van der Waals surface area contributed by atoms with E-state index in [9.17, 15) is 4.79 Å². The number of carbonyl (C=O) groups is 1. The molecule has 1 N–H and O–H groups in total. The van der Waals surface area contributed by atoms with E-state index in [2.05, 4.69) is 74.1 Å². The van der Waals surface area contributed by atoms with Gasteiger partial charge in [-0.1, -0.05) is 69.8 Å². The summed E-state index contributed by atoms with van der Waals surface area (Å²) in [5.74, 6) is 1.13. The Labute approximate surface area is 166 Å². The van der Waals surface area contributed by atoms with Crippen LogP contribution in [-0.2, 0) is 16.8 Å². The summed E-state index contributed by atoms with van der Waals surface area (Å²) in [6, 6.07) is 8.60. The third-order valence-corrected chi connectivity index (χ3v) is 5.36. The van der Waals surface area contributed by atoms with Crippen LogP contribution in [0.1, 0.15) is 46.6 Å². The Bertz CT molecular complexity index is 774. The minimum absolute atomic E-state index is 0.0126. The van der Waals surface area contributed by atoms with Crippen LogP contribution in [0.4, 0.5) is 0 Å². The second kappa shape index (κ2) is 9.22. The number of carbonyl (C=O) groups excluding carboxylic acids is 1. The van der Waals surface area contributed by atoms with Gasteiger partial charge < -0.3 is 5.32 Å². The predicted octanol–water partition coefficient (Wildman–Crippen LogP) is 4.44. The molecule has 146 valence electrons. The van der Waals surface area contributed by atoms with Crippen LogP contribution in [0.15, 0.2) is 42.1 Å². The summed E-state index contributed by atoms with van der Waals surface area (Å²) in [4.78, 5) is 12.1. The monoisotopic (exact) mass is 386 g/mol. The number of amides is 1. The van der Waals surface area contributed by atoms with Crippen molar-refractivity contribution in [3.05, 3.63) is 42.5 Å². The highest BCUT2D eigenvalue weighted by Gasteiger charge is 2.17. The molecule has 0 aliphatic rings. The standard InChI is InChI=1S/C21H30N4OS/c1-7-13-25-19(16-9-11-17(12-10-16)21(4,5)6)23-24-20(25)27-14-18(26)22-15(3)8-2/h7,9-12,15H,1,8,13-14H2,2-6H3,(H,22,26)/t15-/m1/s1. The Hall–Kier alpha value is -2.08. The Morgan fingerprint density at radius 1 is 1.30 bits per heavy atom. The smallest absolute Gasteiger partial charge is 0.230 e. The van der Waals surface area contributed by atoms with Crippen molar-refractivity contribution in [2.24, 2.45) is 0 Å². The van der Waals surface area contributed by atoms with E-state index in [-0.39, 0.29) is 17.4 Å². The minimum Gasteiger partial charge on any atom is -0.353 e. The molecule has 0 aliphatic carbocycles. The summed E-state index contributed by atoms with van der Waals surface area (Å²) in [5.41, 5.74) is 2.39. The summed E-state index contributed by atoms with van der Waals surface area (Å²) in [5, 5.41) is 12.4. The van der Waals surface area contributed by atoms with Gasteiger partial charge in [-0.15, -0.1) is 16.8 Å². The Morgan fingerprint density at radius 3 is 2.52 bits per heavy atom. The summed E-state index contributed by atoms with van der Waals surface area (Å²) in [7, 11) is 0. The number of aromatic nitrogens is 3. The van der Waals surface area contributed by atoms with Gasteiger partial charge >= 0.3 is 0 Å². The molecule has 6 heteroatoms. The topological polar surface area (TPSA) is 59.8 Å². The van der Waals surface area contributed by atoms with E-state index in [1.165, 1.54) is 17.3 Å². The second-order valence-corrected chi connectivity index (χ2v) is 8.64. The largest absolute Gasteiger partial charge is 0.353 e. The van der Waals surface area contributed by atoms with Gasteiger partial charge in [-0.2, -0.15) is 0 Å². The van der Waals surface area contributed by atoms with Crippen LogP contribution in [0.2, 0.25) is 0 Å². The normalized spacial score (nSPS) is 12.6. The molecule has 1 atom stereocenters. The molecule has 0 bridgehead atoms. The second-order valence-electron chi connectivity index (χ2n) is 7.70. The van der Waals surface area contributed by atoms with Crippen LogP contribution in [0.5, 0.6) is 0 Å². The fourth-order valence-electron chi connectivity index (χ4n) is 2.57. The number of nitrogens with one attached hydrogen (secondary N) is 1. The number of hydrogen-bond acceptors (Lipinski definition) is 4. The zero-order valence-electron chi connectivity index (χ0n) is 17.0. The van der Waals surface area contributed by atoms with E-state index in [1.54, 1.807) is 0 Å². The van der Waals surface area contributed by atoms with Crippen molar-refractivity contribution in [3.8, 4) is 11.4 Å². The van der Waals surface area contributed by atoms with Gasteiger partial charge in [-0.05, 0) is 24.3 Å². The van der Waals surface area contributed by atoms with Crippen molar-refractivity contribution >= 4 is 17.7 Å². The van der Waals surface area contributed by atoms with Gasteiger partial charge in [0.1, 0.15) is 0 Å². The first-order chi connectivity index (χ1) is 12.8. The molecule has 0 fully saturated rings. The number of hydrogen-bond donors (Lipinski definition) is 1. The molecule has 0 spiro atoms. The van der Waals surface area contributed by atoms with Gasteiger partial charge in [0.05, 0.1) is 5.75 Å². The van der Waals surface area contributed by atoms with Gasteiger partial charge in [0, 0.05) is 18.2 Å². The molecule has 5 nitrogen and oxygen atoms in total. The van der Waals surface area contributed by atoms with Gasteiger partial charge in [0.15, 0.2) is 11.0 Å². The number of nitrogens with zero attached hydrogens (tertiary/aromatic N) is 3. The van der Waals surface area contributed by atoms with Crippen LogP contribution < -0.4 is 5.32 Å². The molecule has 1 heterocycles. The van der Waals surface area contributed by atoms with Gasteiger partial charge in [0.25, 0.3) is 0 Å². The van der Waals surface area contributed by atoms with Crippen molar-refractivity contribution in [3.63, 3.8) is 0 Å². The number of rotatable bonds is 8. The molecule has 1 aromatic carbocycles. The van der Waals surface area contributed by atoms with E-state index < -0.39 is 0 Å². The molecule has 2 aromatic rings. The fourth-order valence-corrected chi connectivity index (χ4v) is 3.33. The maximum absolute atomic E-state index is 12.1. The fraction of sp³-hybridized carbons (Fsp3) is 0.476. The van der Waals surface area contributed by atoms with Crippen LogP contribution in [0, 0.1) is 0 Å². The van der Waals surface area contributed by atoms with Crippen molar-refractivity contribution in [1.82, 2.24) is 20.1 Å². The molecule has 0 radical (unpaired) electrons. The van der Waals surface area contributed by atoms with Crippen molar-refractivity contribution in [2.45, 2.75) is 64.2 Å². The Kier molecular flexibility index (Phi) is 7.25. The quantitative estimate of drug-likeness (QED) is 0.538. The minimum atomic E-state index is 0.0126. The van der Waals surface area contributed by atoms with Crippen LogP contribution >= 0.6 is 11.8 Å². The van der Waals surface area contributed by atoms with Crippen LogP contribution in [0.25, 0.3) is 11.4 Å². The molecule has 1 aromatic heterocycles. The highest BCUT2D eigenvalue weighted by molar-refractivity contribution is 7.99. The lowest BCUT2D eigenvalue weighted by atomic mass is 9.87. The molecular weight excluding hydrogens is 356 g/mol. The Morgan fingerprint density at radius 2 is 1.96 bits per heavy atom. The molecule has 0 unspecified atom stereocenters. The molecule has 0 aliphatic heterocycles. The summed E-state index contributed by atoms with van der Waals surface area (Å²) < 4.78 is 2.00. The van der Waals surface area contributed by atoms with E-state index in [0.29, 0.717) is 12.3 Å². The van der Waals surface area contributed by atoms with Crippen LogP contribution in [-0.4, -0.2) is 32.5 Å². The lowest BCUT2D eigenvalue weighted by molar-refractivity contribution is -0.119. The highest BCUT2D eigenvalue weighted by atomic mass is 32.2. The van der Waals surface area contributed by atoms with E-state index in [4.69, 9.17) is 0 Å². The first-order valence-electron chi connectivity index (χ1n) is 9.33. The van der Waals surface area contributed by atoms with E-state index >= 15 is 0 Å². The van der Waals surface area contributed by atoms with Crippen LogP contribution in [0.3, 0.4) is 0 Å². The summed E-state index contributed by atoms with van der Waals surface area (Å²) >= 11 is 1.40. The summed E-state index contributed by atoms with van der Waals surface area (Å²) in [6.45, 7) is 15.1. The summed E-state index contributed by atoms with van der Waals surface area (Å²) in [6.07, 6.45) is 2.73. The first kappa shape index (κ1) is 21.2. The molecule has 27 heavy (non-hydrogen) atoms. The van der Waals surface area contributed by atoms with E-state index in [1.807, 2.05) is 17.6 Å². The number of allylic oxidation sites excluding steroid dienone is 1. The number of thioether (sulfide) groups is 1. The third-order valence-electron chi connectivity index (χ3n) is 4.39. The maximum atomic E-state index is 12.1. The van der Waals surface area contributed by atoms with Crippen molar-refractivity contribution in [2.75, 3.05) is 5.75 Å². The third kappa shape index (κ3) is 5.70.